The Bertz CT molecular complexity index is 479. The van der Waals surface area contributed by atoms with Crippen LogP contribution in [0.25, 0.3) is 0 Å². The first-order valence-corrected chi connectivity index (χ1v) is 7.08. The number of fused-ring (bicyclic) bond motifs is 1. The smallest absolute Gasteiger partial charge is 0.146 e. The number of hydrogen-bond donors (Lipinski definition) is 1. The van der Waals surface area contributed by atoms with Crippen molar-refractivity contribution in [2.75, 3.05) is 24.6 Å². The van der Waals surface area contributed by atoms with E-state index < -0.39 is 0 Å². The second-order valence-electron chi connectivity index (χ2n) is 4.94. The van der Waals surface area contributed by atoms with Crippen LogP contribution in [-0.2, 0) is 12.8 Å². The molecule has 0 saturated heterocycles. The molecule has 0 amide bonds. The number of nitrogens with zero attached hydrogens (tertiary/aromatic N) is 3. The van der Waals surface area contributed by atoms with Crippen LogP contribution in [0.5, 0.6) is 0 Å². The zero-order chi connectivity index (χ0) is 13.7. The van der Waals surface area contributed by atoms with Gasteiger partial charge >= 0.3 is 0 Å². The molecule has 0 saturated carbocycles. The van der Waals surface area contributed by atoms with Crippen LogP contribution in [0.15, 0.2) is 6.07 Å². The second-order valence-corrected chi connectivity index (χ2v) is 4.94. The number of hydrogen-bond acceptors (Lipinski definition) is 4. The Balaban J connectivity index is 2.34. The fraction of sp³-hybridized carbons (Fsp3) is 0.600. The topological polar surface area (TPSA) is 60.1 Å². The first-order chi connectivity index (χ1) is 9.30. The maximum atomic E-state index is 9.32. The zero-order valence-electron chi connectivity index (χ0n) is 11.5. The Labute approximate surface area is 114 Å². The number of aliphatic hydroxyl groups excluding tert-OH is 1. The van der Waals surface area contributed by atoms with Crippen LogP contribution in [0, 0.1) is 11.3 Å². The second kappa shape index (κ2) is 6.53. The maximum Gasteiger partial charge on any atom is 0.146 e. The number of anilines is 1. The molecule has 4 nitrogen and oxygen atoms in total. The lowest BCUT2D eigenvalue weighted by Gasteiger charge is -2.25. The van der Waals surface area contributed by atoms with Gasteiger partial charge in [0.15, 0.2) is 0 Å². The predicted octanol–water partition coefficient (Wildman–Crippen LogP) is 2.04. The summed E-state index contributed by atoms with van der Waals surface area (Å²) in [5.74, 6) is 0.791. The molecule has 4 heteroatoms. The Kier molecular flexibility index (Phi) is 4.75. The molecule has 0 aliphatic heterocycles. The molecule has 1 aliphatic rings. The SMILES string of the molecule is CCN(CCCO)c1nc2c(cc1C#N)CCCC2. The van der Waals surface area contributed by atoms with Crippen molar-refractivity contribution < 1.29 is 5.11 Å². The highest BCUT2D eigenvalue weighted by Gasteiger charge is 2.18. The molecular weight excluding hydrogens is 238 g/mol. The molecule has 1 heterocycles. The molecule has 0 fully saturated rings. The zero-order valence-corrected chi connectivity index (χ0v) is 11.5. The minimum Gasteiger partial charge on any atom is -0.396 e. The minimum atomic E-state index is 0.170. The van der Waals surface area contributed by atoms with E-state index in [4.69, 9.17) is 10.1 Å². The molecule has 2 rings (SSSR count). The van der Waals surface area contributed by atoms with Crippen LogP contribution >= 0.6 is 0 Å². The van der Waals surface area contributed by atoms with Crippen LogP contribution in [0.3, 0.4) is 0 Å². The highest BCUT2D eigenvalue weighted by atomic mass is 16.3. The van der Waals surface area contributed by atoms with Crippen molar-refractivity contribution in [1.82, 2.24) is 4.98 Å². The van der Waals surface area contributed by atoms with Gasteiger partial charge in [0.25, 0.3) is 0 Å². The summed E-state index contributed by atoms with van der Waals surface area (Å²) in [5.41, 5.74) is 3.06. The third-order valence-electron chi connectivity index (χ3n) is 3.67. The van der Waals surface area contributed by atoms with Crippen LogP contribution in [0.2, 0.25) is 0 Å². The largest absolute Gasteiger partial charge is 0.396 e. The van der Waals surface area contributed by atoms with E-state index in [-0.39, 0.29) is 6.61 Å². The van der Waals surface area contributed by atoms with Crippen molar-refractivity contribution in [3.05, 3.63) is 22.9 Å². The summed E-state index contributed by atoms with van der Waals surface area (Å²) in [6.45, 7) is 3.77. The van der Waals surface area contributed by atoms with Gasteiger partial charge in [0.1, 0.15) is 11.9 Å². The van der Waals surface area contributed by atoms with Gasteiger partial charge in [-0.05, 0) is 50.7 Å². The summed E-state index contributed by atoms with van der Waals surface area (Å²) in [5, 5.41) is 18.3. The molecule has 1 aromatic heterocycles. The fourth-order valence-corrected chi connectivity index (χ4v) is 2.62. The van der Waals surface area contributed by atoms with Crippen molar-refractivity contribution in [3.63, 3.8) is 0 Å². The molecule has 0 aromatic carbocycles. The lowest BCUT2D eigenvalue weighted by atomic mass is 9.95. The molecule has 0 spiro atoms. The van der Waals surface area contributed by atoms with Gasteiger partial charge in [-0.25, -0.2) is 4.98 Å². The van der Waals surface area contributed by atoms with E-state index in [0.717, 1.165) is 37.4 Å². The van der Waals surface area contributed by atoms with Gasteiger partial charge in [-0.15, -0.1) is 0 Å². The monoisotopic (exact) mass is 259 g/mol. The summed E-state index contributed by atoms with van der Waals surface area (Å²) in [6, 6.07) is 4.28. The number of aromatic nitrogens is 1. The van der Waals surface area contributed by atoms with Crippen LogP contribution in [-0.4, -0.2) is 29.8 Å². The van der Waals surface area contributed by atoms with Gasteiger partial charge in [-0.2, -0.15) is 5.26 Å². The van der Waals surface area contributed by atoms with Gasteiger partial charge in [-0.1, -0.05) is 0 Å². The van der Waals surface area contributed by atoms with E-state index in [1.807, 2.05) is 6.07 Å². The fourth-order valence-electron chi connectivity index (χ4n) is 2.62. The minimum absolute atomic E-state index is 0.170. The number of rotatable bonds is 5. The van der Waals surface area contributed by atoms with Gasteiger partial charge in [0.05, 0.1) is 5.56 Å². The molecule has 1 aliphatic carbocycles. The van der Waals surface area contributed by atoms with E-state index in [1.54, 1.807) is 0 Å². The standard InChI is InChI=1S/C15H21N3O/c1-2-18(8-5-9-19)15-13(11-16)10-12-6-3-4-7-14(12)17-15/h10,19H,2-9H2,1H3. The molecule has 1 aromatic rings. The number of pyridine rings is 1. The van der Waals surface area contributed by atoms with E-state index in [1.165, 1.54) is 18.4 Å². The Hall–Kier alpha value is -1.60. The normalized spacial score (nSPS) is 13.7. The third kappa shape index (κ3) is 3.05. The van der Waals surface area contributed by atoms with Crippen LogP contribution < -0.4 is 4.90 Å². The number of aryl methyl sites for hydroxylation is 2. The van der Waals surface area contributed by atoms with Gasteiger partial charge in [-0.3, -0.25) is 0 Å². The lowest BCUT2D eigenvalue weighted by molar-refractivity contribution is 0.289. The van der Waals surface area contributed by atoms with E-state index >= 15 is 0 Å². The van der Waals surface area contributed by atoms with Crippen molar-refractivity contribution in [2.24, 2.45) is 0 Å². The first-order valence-electron chi connectivity index (χ1n) is 7.08. The van der Waals surface area contributed by atoms with Crippen LogP contribution in [0.4, 0.5) is 5.82 Å². The highest BCUT2D eigenvalue weighted by molar-refractivity contribution is 5.56. The first kappa shape index (κ1) is 13.8. The van der Waals surface area contributed by atoms with Crippen LogP contribution in [0.1, 0.15) is 43.0 Å². The molecule has 0 unspecified atom stereocenters. The predicted molar refractivity (Wildman–Crippen MR) is 75.2 cm³/mol. The molecular formula is C15H21N3O. The Morgan fingerprint density at radius 2 is 2.21 bits per heavy atom. The molecule has 19 heavy (non-hydrogen) atoms. The van der Waals surface area contributed by atoms with E-state index in [9.17, 15) is 5.26 Å². The molecule has 0 radical (unpaired) electrons. The summed E-state index contributed by atoms with van der Waals surface area (Å²) in [6.07, 6.45) is 5.15. The summed E-state index contributed by atoms with van der Waals surface area (Å²) < 4.78 is 0. The maximum absolute atomic E-state index is 9.32. The Morgan fingerprint density at radius 1 is 1.42 bits per heavy atom. The van der Waals surface area contributed by atoms with Gasteiger partial charge < -0.3 is 10.0 Å². The quantitative estimate of drug-likeness (QED) is 0.879. The van der Waals surface area contributed by atoms with E-state index in [2.05, 4.69) is 17.9 Å². The Morgan fingerprint density at radius 3 is 2.89 bits per heavy atom. The average molecular weight is 259 g/mol. The van der Waals surface area contributed by atoms with Crippen molar-refractivity contribution in [2.45, 2.75) is 39.0 Å². The lowest BCUT2D eigenvalue weighted by Crippen LogP contribution is -2.27. The number of nitriles is 1. The van der Waals surface area contributed by atoms with Gasteiger partial charge in [0.2, 0.25) is 0 Å². The summed E-state index contributed by atoms with van der Waals surface area (Å²) in [4.78, 5) is 6.82. The number of aliphatic hydroxyl groups is 1. The molecule has 0 atom stereocenters. The van der Waals surface area contributed by atoms with Gasteiger partial charge in [0, 0.05) is 25.4 Å². The summed E-state index contributed by atoms with van der Waals surface area (Å²) >= 11 is 0. The van der Waals surface area contributed by atoms with E-state index in [0.29, 0.717) is 12.0 Å². The highest BCUT2D eigenvalue weighted by Crippen LogP contribution is 2.26. The molecule has 102 valence electrons. The molecule has 0 bridgehead atoms. The van der Waals surface area contributed by atoms with Crippen molar-refractivity contribution in [3.8, 4) is 6.07 Å². The van der Waals surface area contributed by atoms with Crippen molar-refractivity contribution >= 4 is 5.82 Å². The third-order valence-corrected chi connectivity index (χ3v) is 3.67. The summed E-state index contributed by atoms with van der Waals surface area (Å²) in [7, 11) is 0. The molecule has 1 N–H and O–H groups in total. The average Bonchev–Trinajstić information content (AvgIpc) is 2.47. The van der Waals surface area contributed by atoms with Crippen molar-refractivity contribution in [1.29, 1.82) is 5.26 Å².